The Labute approximate surface area is 159 Å². The number of carbonyl (C=O) groups is 1. The van der Waals surface area contributed by atoms with Crippen molar-refractivity contribution in [3.8, 4) is 11.5 Å². The van der Waals surface area contributed by atoms with Gasteiger partial charge < -0.3 is 14.7 Å². The first-order chi connectivity index (χ1) is 12.9. The minimum atomic E-state index is -0.163. The van der Waals surface area contributed by atoms with Gasteiger partial charge in [0.15, 0.2) is 5.82 Å². The quantitative estimate of drug-likeness (QED) is 0.730. The average molecular weight is 364 g/mol. The van der Waals surface area contributed by atoms with E-state index < -0.39 is 0 Å². The maximum atomic E-state index is 12.4. The molecule has 0 radical (unpaired) electrons. The molecule has 0 bridgehead atoms. The van der Waals surface area contributed by atoms with Crippen molar-refractivity contribution in [3.63, 3.8) is 0 Å². The molecule has 0 aliphatic heterocycles. The van der Waals surface area contributed by atoms with E-state index in [4.69, 9.17) is 4.52 Å². The van der Waals surface area contributed by atoms with Crippen LogP contribution in [0.3, 0.4) is 0 Å². The first-order valence-electron chi connectivity index (χ1n) is 8.91. The molecule has 0 fully saturated rings. The molecule has 1 aromatic heterocycles. The van der Waals surface area contributed by atoms with Crippen molar-refractivity contribution in [3.05, 3.63) is 65.0 Å². The van der Waals surface area contributed by atoms with Gasteiger partial charge in [0, 0.05) is 31.3 Å². The van der Waals surface area contributed by atoms with Crippen LogP contribution in [0.2, 0.25) is 0 Å². The largest absolute Gasteiger partial charge is 0.334 e. The maximum Gasteiger partial charge on any atom is 0.321 e. The third-order valence-electron chi connectivity index (χ3n) is 4.41. The topological polar surface area (TPSA) is 71.3 Å². The van der Waals surface area contributed by atoms with Crippen molar-refractivity contribution in [1.29, 1.82) is 0 Å². The van der Waals surface area contributed by atoms with Crippen molar-refractivity contribution < 1.29 is 9.32 Å². The number of nitrogens with zero attached hydrogens (tertiary/aromatic N) is 3. The highest BCUT2D eigenvalue weighted by Gasteiger charge is 2.13. The fraction of sp³-hybridized carbons (Fsp3) is 0.286. The van der Waals surface area contributed by atoms with E-state index >= 15 is 0 Å². The first-order valence-corrected chi connectivity index (χ1v) is 8.91. The number of anilines is 1. The standard InChI is InChI=1S/C21H24N4O2/c1-14-5-8-17(9-6-14)20-23-19(24-27-20)11-12-25(4)21(26)22-18-10-7-15(2)13-16(18)3/h5-10,13H,11-12H2,1-4H3,(H,22,26). The fourth-order valence-corrected chi connectivity index (χ4v) is 2.70. The lowest BCUT2D eigenvalue weighted by molar-refractivity contribution is 0.222. The van der Waals surface area contributed by atoms with Crippen LogP contribution in [0, 0.1) is 20.8 Å². The zero-order valence-corrected chi connectivity index (χ0v) is 16.1. The molecule has 2 aromatic carbocycles. The van der Waals surface area contributed by atoms with Crippen molar-refractivity contribution in [2.24, 2.45) is 0 Å². The maximum absolute atomic E-state index is 12.4. The first kappa shape index (κ1) is 18.6. The molecule has 0 spiro atoms. The summed E-state index contributed by atoms with van der Waals surface area (Å²) in [4.78, 5) is 18.4. The smallest absolute Gasteiger partial charge is 0.321 e. The van der Waals surface area contributed by atoms with Crippen LogP contribution < -0.4 is 5.32 Å². The predicted molar refractivity (Wildman–Crippen MR) is 106 cm³/mol. The number of likely N-dealkylation sites (N-methyl/N-ethyl adjacent to an activating group) is 1. The molecule has 0 unspecified atom stereocenters. The molecule has 0 saturated carbocycles. The third-order valence-corrected chi connectivity index (χ3v) is 4.41. The average Bonchev–Trinajstić information content (AvgIpc) is 3.11. The van der Waals surface area contributed by atoms with Crippen LogP contribution in [-0.4, -0.2) is 34.7 Å². The highest BCUT2D eigenvalue weighted by atomic mass is 16.5. The van der Waals surface area contributed by atoms with Gasteiger partial charge in [-0.1, -0.05) is 40.5 Å². The number of carbonyl (C=O) groups excluding carboxylic acids is 1. The summed E-state index contributed by atoms with van der Waals surface area (Å²) in [5.74, 6) is 1.07. The summed E-state index contributed by atoms with van der Waals surface area (Å²) in [6.07, 6.45) is 0.520. The summed E-state index contributed by atoms with van der Waals surface area (Å²) >= 11 is 0. The van der Waals surface area contributed by atoms with Gasteiger partial charge >= 0.3 is 6.03 Å². The molecule has 3 aromatic rings. The SMILES string of the molecule is Cc1ccc(-c2nc(CCN(C)C(=O)Nc3ccc(C)cc3C)no2)cc1. The Hall–Kier alpha value is -3.15. The molecule has 2 amide bonds. The normalized spacial score (nSPS) is 10.7. The number of nitrogens with one attached hydrogen (secondary N) is 1. The summed E-state index contributed by atoms with van der Waals surface area (Å²) in [5, 5.41) is 6.94. The number of benzene rings is 2. The number of hydrogen-bond acceptors (Lipinski definition) is 4. The van der Waals surface area contributed by atoms with E-state index in [-0.39, 0.29) is 6.03 Å². The van der Waals surface area contributed by atoms with E-state index in [9.17, 15) is 4.79 Å². The second-order valence-electron chi connectivity index (χ2n) is 6.80. The number of hydrogen-bond donors (Lipinski definition) is 1. The van der Waals surface area contributed by atoms with Crippen molar-refractivity contribution in [1.82, 2.24) is 15.0 Å². The van der Waals surface area contributed by atoms with E-state index in [1.807, 2.05) is 63.2 Å². The molecule has 3 rings (SSSR count). The van der Waals surface area contributed by atoms with Gasteiger partial charge in [-0.05, 0) is 44.5 Å². The zero-order valence-electron chi connectivity index (χ0n) is 16.1. The summed E-state index contributed by atoms with van der Waals surface area (Å²) in [6.45, 7) is 6.53. The van der Waals surface area contributed by atoms with Crippen LogP contribution >= 0.6 is 0 Å². The minimum Gasteiger partial charge on any atom is -0.334 e. The van der Waals surface area contributed by atoms with Crippen LogP contribution in [0.1, 0.15) is 22.5 Å². The molecular weight excluding hydrogens is 340 g/mol. The second-order valence-corrected chi connectivity index (χ2v) is 6.80. The zero-order chi connectivity index (χ0) is 19.4. The lowest BCUT2D eigenvalue weighted by Crippen LogP contribution is -2.33. The molecule has 1 N–H and O–H groups in total. The molecule has 140 valence electrons. The predicted octanol–water partition coefficient (Wildman–Crippen LogP) is 4.37. The summed E-state index contributed by atoms with van der Waals surface area (Å²) in [6, 6.07) is 13.7. The minimum absolute atomic E-state index is 0.163. The Morgan fingerprint density at radius 3 is 2.48 bits per heavy atom. The summed E-state index contributed by atoms with van der Waals surface area (Å²) in [7, 11) is 1.75. The van der Waals surface area contributed by atoms with Crippen LogP contribution in [0.4, 0.5) is 10.5 Å². The Morgan fingerprint density at radius 1 is 1.07 bits per heavy atom. The van der Waals surface area contributed by atoms with Crippen LogP contribution in [0.15, 0.2) is 47.0 Å². The molecule has 0 atom stereocenters. The lowest BCUT2D eigenvalue weighted by atomic mass is 10.1. The molecule has 6 nitrogen and oxygen atoms in total. The van der Waals surface area contributed by atoms with Gasteiger partial charge in [0.25, 0.3) is 5.89 Å². The van der Waals surface area contributed by atoms with Gasteiger partial charge in [-0.3, -0.25) is 0 Å². The van der Waals surface area contributed by atoms with E-state index in [0.29, 0.717) is 24.7 Å². The summed E-state index contributed by atoms with van der Waals surface area (Å²) in [5.41, 5.74) is 5.09. The molecule has 6 heteroatoms. The second kappa shape index (κ2) is 8.03. The highest BCUT2D eigenvalue weighted by Crippen LogP contribution is 2.18. The van der Waals surface area contributed by atoms with Crippen molar-refractivity contribution in [2.75, 3.05) is 18.9 Å². The Kier molecular flexibility index (Phi) is 5.54. The van der Waals surface area contributed by atoms with Gasteiger partial charge in [-0.2, -0.15) is 4.98 Å². The fourth-order valence-electron chi connectivity index (χ4n) is 2.70. The third kappa shape index (κ3) is 4.73. The van der Waals surface area contributed by atoms with Gasteiger partial charge in [0.05, 0.1) is 0 Å². The monoisotopic (exact) mass is 364 g/mol. The number of rotatable bonds is 5. The summed E-state index contributed by atoms with van der Waals surface area (Å²) < 4.78 is 5.33. The number of urea groups is 1. The van der Waals surface area contributed by atoms with E-state index in [2.05, 4.69) is 15.5 Å². The van der Waals surface area contributed by atoms with Crippen LogP contribution in [0.5, 0.6) is 0 Å². The lowest BCUT2D eigenvalue weighted by Gasteiger charge is -2.18. The van der Waals surface area contributed by atoms with Gasteiger partial charge in [-0.15, -0.1) is 0 Å². The Morgan fingerprint density at radius 2 is 1.78 bits per heavy atom. The number of aromatic nitrogens is 2. The van der Waals surface area contributed by atoms with E-state index in [0.717, 1.165) is 16.8 Å². The van der Waals surface area contributed by atoms with Crippen LogP contribution in [-0.2, 0) is 6.42 Å². The number of amides is 2. The van der Waals surface area contributed by atoms with Crippen LogP contribution in [0.25, 0.3) is 11.5 Å². The molecule has 27 heavy (non-hydrogen) atoms. The Balaban J connectivity index is 1.56. The van der Waals surface area contributed by atoms with E-state index in [1.165, 1.54) is 11.1 Å². The molecular formula is C21H24N4O2. The van der Waals surface area contributed by atoms with Gasteiger partial charge in [-0.25, -0.2) is 4.79 Å². The van der Waals surface area contributed by atoms with E-state index in [1.54, 1.807) is 11.9 Å². The van der Waals surface area contributed by atoms with Gasteiger partial charge in [0.1, 0.15) is 0 Å². The van der Waals surface area contributed by atoms with Crippen molar-refractivity contribution >= 4 is 11.7 Å². The molecule has 0 aliphatic carbocycles. The molecule has 0 aliphatic rings. The van der Waals surface area contributed by atoms with Gasteiger partial charge in [0.2, 0.25) is 0 Å². The molecule has 0 saturated heterocycles. The Bertz CT molecular complexity index is 932. The van der Waals surface area contributed by atoms with Crippen molar-refractivity contribution in [2.45, 2.75) is 27.2 Å². The number of aryl methyl sites for hydroxylation is 3. The highest BCUT2D eigenvalue weighted by molar-refractivity contribution is 5.90. The molecule has 1 heterocycles.